The van der Waals surface area contributed by atoms with E-state index in [2.05, 4.69) is 4.57 Å². The van der Waals surface area contributed by atoms with Crippen LogP contribution in [-0.4, -0.2) is 9.67 Å². The van der Waals surface area contributed by atoms with Gasteiger partial charge in [-0.15, -0.1) is 0 Å². The van der Waals surface area contributed by atoms with E-state index >= 15 is 0 Å². The summed E-state index contributed by atoms with van der Waals surface area (Å²) in [5, 5.41) is 9.99. The van der Waals surface area contributed by atoms with Crippen LogP contribution in [-0.2, 0) is 0 Å². The summed E-state index contributed by atoms with van der Waals surface area (Å²) in [6.45, 7) is 1.83. The van der Waals surface area contributed by atoms with Crippen LogP contribution >= 0.6 is 0 Å². The van der Waals surface area contributed by atoms with E-state index in [0.29, 0.717) is 5.56 Å². The van der Waals surface area contributed by atoms with Gasteiger partial charge < -0.3 is 9.67 Å². The summed E-state index contributed by atoms with van der Waals surface area (Å²) >= 11 is 0. The standard InChI is InChI=1S/C24H19NO2/c1-17-23(27)16-22(18-9-4-2-5-10-18)25(20-12-6-3-7-13-20)24(17)19-11-8-14-21(26)15-19/h2-16,26H,1H3. The highest BCUT2D eigenvalue weighted by atomic mass is 16.3. The molecule has 0 aliphatic rings. The number of hydrogen-bond acceptors (Lipinski definition) is 2. The summed E-state index contributed by atoms with van der Waals surface area (Å²) in [5.74, 6) is 0.170. The molecule has 1 N–H and O–H groups in total. The quantitative estimate of drug-likeness (QED) is 0.551. The number of benzene rings is 3. The van der Waals surface area contributed by atoms with Gasteiger partial charge in [-0.05, 0) is 36.8 Å². The zero-order valence-corrected chi connectivity index (χ0v) is 15.0. The van der Waals surface area contributed by atoms with Crippen LogP contribution in [0.1, 0.15) is 5.56 Å². The van der Waals surface area contributed by atoms with Gasteiger partial charge in [0.1, 0.15) is 5.75 Å². The number of hydrogen-bond donors (Lipinski definition) is 1. The van der Waals surface area contributed by atoms with Gasteiger partial charge in [0.2, 0.25) is 0 Å². The molecule has 27 heavy (non-hydrogen) atoms. The SMILES string of the molecule is Cc1c(-c2cccc(O)c2)n(-c2ccccc2)c(-c2ccccc2)cc1=O. The molecule has 1 heterocycles. The van der Waals surface area contributed by atoms with Crippen molar-refractivity contribution in [1.29, 1.82) is 0 Å². The van der Waals surface area contributed by atoms with Crippen molar-refractivity contribution in [2.45, 2.75) is 6.92 Å². The van der Waals surface area contributed by atoms with Gasteiger partial charge >= 0.3 is 0 Å². The van der Waals surface area contributed by atoms with Gasteiger partial charge in [0.05, 0.1) is 11.4 Å². The molecular weight excluding hydrogens is 334 g/mol. The van der Waals surface area contributed by atoms with Gasteiger partial charge in [-0.3, -0.25) is 4.79 Å². The minimum atomic E-state index is -0.0284. The van der Waals surface area contributed by atoms with E-state index in [0.717, 1.165) is 28.2 Å². The van der Waals surface area contributed by atoms with Crippen molar-refractivity contribution in [2.75, 3.05) is 0 Å². The number of pyridine rings is 1. The van der Waals surface area contributed by atoms with Crippen molar-refractivity contribution >= 4 is 0 Å². The predicted octanol–water partition coefficient (Wildman–Crippen LogP) is 5.19. The van der Waals surface area contributed by atoms with E-state index in [4.69, 9.17) is 0 Å². The van der Waals surface area contributed by atoms with E-state index in [-0.39, 0.29) is 11.2 Å². The van der Waals surface area contributed by atoms with Crippen molar-refractivity contribution in [3.63, 3.8) is 0 Å². The molecule has 0 bridgehead atoms. The third-order valence-electron chi connectivity index (χ3n) is 4.66. The fraction of sp³-hybridized carbons (Fsp3) is 0.0417. The van der Waals surface area contributed by atoms with Gasteiger partial charge in [-0.2, -0.15) is 0 Å². The summed E-state index contributed by atoms with van der Waals surface area (Å²) in [5.41, 5.74) is 4.92. The van der Waals surface area contributed by atoms with Crippen LogP contribution in [0, 0.1) is 6.92 Å². The van der Waals surface area contributed by atoms with Crippen molar-refractivity contribution in [3.05, 3.63) is 107 Å². The van der Waals surface area contributed by atoms with E-state index < -0.39 is 0 Å². The lowest BCUT2D eigenvalue weighted by molar-refractivity contribution is 0.475. The number of aromatic hydroxyl groups is 1. The molecule has 0 unspecified atom stereocenters. The maximum Gasteiger partial charge on any atom is 0.185 e. The van der Waals surface area contributed by atoms with E-state index in [1.54, 1.807) is 24.3 Å². The molecule has 0 spiro atoms. The largest absolute Gasteiger partial charge is 0.508 e. The first kappa shape index (κ1) is 16.9. The van der Waals surface area contributed by atoms with Gasteiger partial charge in [-0.25, -0.2) is 0 Å². The molecule has 0 fully saturated rings. The highest BCUT2D eigenvalue weighted by Crippen LogP contribution is 2.32. The highest BCUT2D eigenvalue weighted by Gasteiger charge is 2.17. The molecular formula is C24H19NO2. The van der Waals surface area contributed by atoms with Crippen LogP contribution in [0.4, 0.5) is 0 Å². The molecule has 0 radical (unpaired) electrons. The smallest absolute Gasteiger partial charge is 0.185 e. The maximum atomic E-state index is 12.8. The molecule has 0 aliphatic carbocycles. The van der Waals surface area contributed by atoms with Crippen molar-refractivity contribution in [3.8, 4) is 34.0 Å². The molecule has 0 atom stereocenters. The monoisotopic (exact) mass is 353 g/mol. The number of nitrogens with zero attached hydrogens (tertiary/aromatic N) is 1. The first-order valence-electron chi connectivity index (χ1n) is 8.82. The molecule has 0 aliphatic heterocycles. The van der Waals surface area contributed by atoms with E-state index in [1.165, 1.54) is 0 Å². The Balaban J connectivity index is 2.14. The average Bonchev–Trinajstić information content (AvgIpc) is 2.71. The second-order valence-electron chi connectivity index (χ2n) is 6.45. The predicted molar refractivity (Wildman–Crippen MR) is 109 cm³/mol. The van der Waals surface area contributed by atoms with Crippen molar-refractivity contribution in [2.24, 2.45) is 0 Å². The molecule has 0 saturated heterocycles. The van der Waals surface area contributed by atoms with E-state index in [1.807, 2.05) is 73.7 Å². The Morgan fingerprint density at radius 2 is 1.37 bits per heavy atom. The first-order valence-corrected chi connectivity index (χ1v) is 8.82. The van der Waals surface area contributed by atoms with Crippen LogP contribution in [0.15, 0.2) is 95.8 Å². The zero-order chi connectivity index (χ0) is 18.8. The summed E-state index contributed by atoms with van der Waals surface area (Å²) in [6, 6.07) is 28.5. The van der Waals surface area contributed by atoms with Gasteiger partial charge in [0.15, 0.2) is 5.43 Å². The third-order valence-corrected chi connectivity index (χ3v) is 4.66. The molecule has 132 valence electrons. The average molecular weight is 353 g/mol. The Morgan fingerprint density at radius 3 is 2.04 bits per heavy atom. The first-order chi connectivity index (χ1) is 13.1. The Labute approximate surface area is 157 Å². The Bertz CT molecular complexity index is 1150. The fourth-order valence-electron chi connectivity index (χ4n) is 3.37. The molecule has 3 heteroatoms. The Hall–Kier alpha value is -3.59. The molecule has 4 rings (SSSR count). The highest BCUT2D eigenvalue weighted by molar-refractivity contribution is 5.74. The number of phenolic OH excluding ortho intramolecular Hbond substituents is 1. The van der Waals surface area contributed by atoms with E-state index in [9.17, 15) is 9.90 Å². The third kappa shape index (κ3) is 3.15. The number of para-hydroxylation sites is 1. The summed E-state index contributed by atoms with van der Waals surface area (Å²) in [6.07, 6.45) is 0. The van der Waals surface area contributed by atoms with Crippen LogP contribution < -0.4 is 5.43 Å². The normalized spacial score (nSPS) is 10.7. The second kappa shape index (κ2) is 6.96. The lowest BCUT2D eigenvalue weighted by Gasteiger charge is -2.21. The Kier molecular flexibility index (Phi) is 4.35. The number of phenols is 1. The van der Waals surface area contributed by atoms with Crippen LogP contribution in [0.3, 0.4) is 0 Å². The minimum absolute atomic E-state index is 0.0284. The molecule has 0 amide bonds. The van der Waals surface area contributed by atoms with Crippen LogP contribution in [0.2, 0.25) is 0 Å². The maximum absolute atomic E-state index is 12.8. The number of rotatable bonds is 3. The summed E-state index contributed by atoms with van der Waals surface area (Å²) in [7, 11) is 0. The molecule has 0 saturated carbocycles. The minimum Gasteiger partial charge on any atom is -0.508 e. The second-order valence-corrected chi connectivity index (χ2v) is 6.45. The lowest BCUT2D eigenvalue weighted by Crippen LogP contribution is -2.15. The Morgan fingerprint density at radius 1 is 0.741 bits per heavy atom. The fourth-order valence-corrected chi connectivity index (χ4v) is 3.37. The molecule has 4 aromatic rings. The lowest BCUT2D eigenvalue weighted by atomic mass is 10.0. The van der Waals surface area contributed by atoms with Crippen molar-refractivity contribution < 1.29 is 5.11 Å². The molecule has 3 aromatic carbocycles. The van der Waals surface area contributed by atoms with Gasteiger partial charge in [0, 0.05) is 22.9 Å². The zero-order valence-electron chi connectivity index (χ0n) is 15.0. The van der Waals surface area contributed by atoms with Crippen LogP contribution in [0.5, 0.6) is 5.75 Å². The molecule has 3 nitrogen and oxygen atoms in total. The summed E-state index contributed by atoms with van der Waals surface area (Å²) in [4.78, 5) is 12.8. The van der Waals surface area contributed by atoms with Gasteiger partial charge in [-0.1, -0.05) is 60.7 Å². The molecule has 1 aromatic heterocycles. The van der Waals surface area contributed by atoms with Gasteiger partial charge in [0.25, 0.3) is 0 Å². The topological polar surface area (TPSA) is 42.2 Å². The summed E-state index contributed by atoms with van der Waals surface area (Å²) < 4.78 is 2.08. The number of aromatic nitrogens is 1. The van der Waals surface area contributed by atoms with Crippen molar-refractivity contribution in [1.82, 2.24) is 4.57 Å². The van der Waals surface area contributed by atoms with Crippen LogP contribution in [0.25, 0.3) is 28.2 Å².